The van der Waals surface area contributed by atoms with E-state index in [0.717, 1.165) is 135 Å². The first-order chi connectivity index (χ1) is 61.5. The highest BCUT2D eigenvalue weighted by atomic mass is 79.9. The summed E-state index contributed by atoms with van der Waals surface area (Å²) in [6.07, 6.45) is 19.2. The van der Waals surface area contributed by atoms with Crippen LogP contribution in [0, 0.1) is 5.92 Å². The summed E-state index contributed by atoms with van der Waals surface area (Å²) in [6.45, 7) is 60.4. The van der Waals surface area contributed by atoms with Crippen LogP contribution in [-0.4, -0.2) is 314 Å². The summed E-state index contributed by atoms with van der Waals surface area (Å²) >= 11 is 6.96. The van der Waals surface area contributed by atoms with E-state index in [1.54, 1.807) is 23.1 Å². The number of ether oxygens (including phenoxy) is 3. The first-order valence-corrected chi connectivity index (χ1v) is 51.8. The highest BCUT2D eigenvalue weighted by Crippen LogP contribution is 2.35. The second-order valence-corrected chi connectivity index (χ2v) is 46.4. The van der Waals surface area contributed by atoms with E-state index >= 15 is 0 Å². The van der Waals surface area contributed by atoms with Crippen LogP contribution in [0.15, 0.2) is 148 Å². The number of para-hydroxylation sites is 2. The molecule has 5 aromatic carbocycles. The number of hydrogen-bond donors (Lipinski definition) is 0. The predicted octanol–water partition coefficient (Wildman–Crippen LogP) is 23.8. The van der Waals surface area contributed by atoms with Crippen molar-refractivity contribution < 1.29 is 36.2 Å². The molecule has 15 nitrogen and oxygen atoms in total. The minimum absolute atomic E-state index is 0.0222. The van der Waals surface area contributed by atoms with E-state index in [4.69, 9.17) is 14.2 Å². The van der Waals surface area contributed by atoms with E-state index in [9.17, 15) is 22.0 Å². The van der Waals surface area contributed by atoms with Crippen LogP contribution in [0.2, 0.25) is 0 Å². The Kier molecular flexibility index (Phi) is 47.6. The molecule has 131 heavy (non-hydrogen) atoms. The normalized spacial score (nSPS) is 19.2. The van der Waals surface area contributed by atoms with Gasteiger partial charge in [-0.15, -0.1) is 0 Å². The SMILES string of the molecule is CC(C)(C)N1CCC(N(CCc2ccccc2)CC(F)(F)F)CC1.CN(CC(F)(F)c1ccccc1)C1CCN(C(C)(C)C)CC1.CN(CCC1CCCCC1)C1CCN(C(C)(C)C)CC1.CN(CCOc1ccc(Br)cc1)C1CCN(C(C)(C)C)CC1.CN(CCOc1ccccc1)C1CCN(C(C)(C)C)CC1.CN(CCOc1ccccc1Br)C1CCN(C(C)(C)C)CC1. The third kappa shape index (κ3) is 42.5. The fourth-order valence-electron chi connectivity index (χ4n) is 19.7. The van der Waals surface area contributed by atoms with Gasteiger partial charge >= 0.3 is 6.18 Å². The van der Waals surface area contributed by atoms with Crippen LogP contribution >= 0.6 is 31.9 Å². The molecular weight excluding hydrogens is 1780 g/mol. The van der Waals surface area contributed by atoms with Crippen molar-refractivity contribution in [2.75, 3.05) is 179 Å². The highest BCUT2D eigenvalue weighted by molar-refractivity contribution is 9.10. The van der Waals surface area contributed by atoms with Crippen LogP contribution in [-0.2, 0) is 12.3 Å². The molecule has 6 aliphatic heterocycles. The molecule has 0 bridgehead atoms. The van der Waals surface area contributed by atoms with E-state index in [1.165, 1.54) is 161 Å². The monoisotopic (exact) mass is 1960 g/mol. The van der Waals surface area contributed by atoms with Gasteiger partial charge in [0.05, 0.1) is 17.6 Å². The van der Waals surface area contributed by atoms with Gasteiger partial charge in [0, 0.05) is 184 Å². The molecule has 1 aliphatic carbocycles. The molecule has 6 heterocycles. The largest absolute Gasteiger partial charge is 0.492 e. The Morgan fingerprint density at radius 2 is 0.618 bits per heavy atom. The molecule has 22 heteroatoms. The van der Waals surface area contributed by atoms with Gasteiger partial charge in [-0.1, -0.05) is 139 Å². The molecule has 744 valence electrons. The van der Waals surface area contributed by atoms with Gasteiger partial charge in [-0.2, -0.15) is 22.0 Å². The number of rotatable bonds is 28. The zero-order valence-electron chi connectivity index (χ0n) is 86.0. The summed E-state index contributed by atoms with van der Waals surface area (Å²) < 4.78 is 87.4. The first-order valence-electron chi connectivity index (χ1n) is 50.3. The van der Waals surface area contributed by atoms with Crippen LogP contribution < -0.4 is 14.2 Å². The molecule has 0 N–H and O–H groups in total. The zero-order chi connectivity index (χ0) is 96.4. The molecule has 0 spiro atoms. The summed E-state index contributed by atoms with van der Waals surface area (Å²) in [5, 5.41) is 0. The average Bonchev–Trinajstić information content (AvgIpc) is 0.823. The van der Waals surface area contributed by atoms with Crippen molar-refractivity contribution in [3.8, 4) is 17.2 Å². The van der Waals surface area contributed by atoms with Crippen molar-refractivity contribution in [2.45, 2.75) is 328 Å². The summed E-state index contributed by atoms with van der Waals surface area (Å²) in [7, 11) is 10.9. The fraction of sp³-hybridized carbons (Fsp3) is 0.725. The van der Waals surface area contributed by atoms with Crippen LogP contribution in [0.25, 0.3) is 0 Å². The molecule has 6 saturated heterocycles. The Morgan fingerprint density at radius 3 is 0.969 bits per heavy atom. The Balaban J connectivity index is 0.000000215. The molecule has 7 aliphatic rings. The smallest absolute Gasteiger partial charge is 0.401 e. The van der Waals surface area contributed by atoms with Crippen LogP contribution in [0.5, 0.6) is 17.2 Å². The number of likely N-dealkylation sites (tertiary alicyclic amines) is 6. The molecule has 0 radical (unpaired) electrons. The molecule has 12 rings (SSSR count). The topological polar surface area (TPSA) is 66.6 Å². The van der Waals surface area contributed by atoms with Gasteiger partial charge in [-0.3, -0.25) is 53.9 Å². The maximum absolute atomic E-state index is 14.4. The van der Waals surface area contributed by atoms with Crippen molar-refractivity contribution in [3.05, 3.63) is 160 Å². The van der Waals surface area contributed by atoms with E-state index in [0.29, 0.717) is 53.2 Å². The standard InChI is InChI=1S/C19H29F3N2.2C18H29BrN2O.C18H28F2N2.C18H30N2O.C18H36N2/c1-18(2,3)24-13-10-17(11-14-24)23(15-19(20,21)22)12-9-16-7-5-4-6-8-16;1-18(2,3)21-11-9-16(10-12-21)20(4)13-14-22-17-7-5-15(19)6-8-17;1-18(2,3)21-11-9-15(10-12-21)20(4)13-14-22-17-8-6-5-7-16(17)19;1-17(2,3)22-12-10-16(11-13-22)21(4)14-18(19,20)15-8-6-5-7-9-15;1-18(2,3)20-12-10-16(11-13-20)19(4)14-15-21-17-8-6-5-7-9-17;1-18(2,3)20-14-11-17(12-15-20)19(4)13-10-16-8-6-5-7-9-16/h4-8,17H,9-15H2,1-3H3;5-8,16H,9-14H2,1-4H3;5-8,15H,9-14H2,1-4H3;5-9,16H,10-14H2,1-4H3;5-9,16H,10-15H2,1-4H3;16-17H,5-15H2,1-4H3. The number of hydrogen-bond acceptors (Lipinski definition) is 15. The number of nitrogens with zero attached hydrogens (tertiary/aromatic N) is 12. The summed E-state index contributed by atoms with van der Waals surface area (Å²) in [5.74, 6) is 1.07. The Morgan fingerprint density at radius 1 is 0.313 bits per heavy atom. The van der Waals surface area contributed by atoms with Crippen molar-refractivity contribution in [1.82, 2.24) is 58.8 Å². The number of piperidine rings is 6. The molecular formula is C109H181Br2F5N12O3. The lowest BCUT2D eigenvalue weighted by Crippen LogP contribution is -2.52. The first kappa shape index (κ1) is 114. The maximum atomic E-state index is 14.4. The third-order valence-corrected chi connectivity index (χ3v) is 30.0. The maximum Gasteiger partial charge on any atom is 0.401 e. The predicted molar refractivity (Wildman–Crippen MR) is 550 cm³/mol. The van der Waals surface area contributed by atoms with Gasteiger partial charge in [-0.05, 0) is 332 Å². The summed E-state index contributed by atoms with van der Waals surface area (Å²) in [6, 6.07) is 47.2. The minimum Gasteiger partial charge on any atom is -0.492 e. The van der Waals surface area contributed by atoms with E-state index < -0.39 is 18.6 Å². The number of halogens is 7. The number of benzene rings is 5. The Labute approximate surface area is 811 Å². The van der Waals surface area contributed by atoms with Crippen molar-refractivity contribution in [2.24, 2.45) is 5.92 Å². The van der Waals surface area contributed by atoms with Gasteiger partial charge in [0.2, 0.25) is 0 Å². The average molecular weight is 1960 g/mol. The van der Waals surface area contributed by atoms with Crippen LogP contribution in [0.1, 0.15) is 251 Å². The molecule has 0 amide bonds. The molecule has 1 saturated carbocycles. The van der Waals surface area contributed by atoms with Crippen LogP contribution in [0.4, 0.5) is 22.0 Å². The lowest BCUT2D eigenvalue weighted by atomic mass is 9.86. The molecule has 0 aromatic heterocycles. The second-order valence-electron chi connectivity index (χ2n) is 44.6. The lowest BCUT2D eigenvalue weighted by molar-refractivity contribution is -0.153. The van der Waals surface area contributed by atoms with E-state index in [2.05, 4.69) is 234 Å². The Hall–Kier alpha value is -4.37. The van der Waals surface area contributed by atoms with Crippen LogP contribution in [0.3, 0.4) is 0 Å². The van der Waals surface area contributed by atoms with Gasteiger partial charge in [0.25, 0.3) is 5.92 Å². The minimum atomic E-state index is -4.14. The summed E-state index contributed by atoms with van der Waals surface area (Å²) in [5.41, 5.74) is 2.71. The number of likely N-dealkylation sites (N-methyl/N-ethyl adjacent to an activating group) is 4. The van der Waals surface area contributed by atoms with Crippen molar-refractivity contribution in [3.63, 3.8) is 0 Å². The number of alkyl halides is 5. The fourth-order valence-corrected chi connectivity index (χ4v) is 20.3. The van der Waals surface area contributed by atoms with Gasteiger partial charge in [-0.25, -0.2) is 0 Å². The zero-order valence-corrected chi connectivity index (χ0v) is 89.2. The summed E-state index contributed by atoms with van der Waals surface area (Å²) in [4.78, 5) is 28.8. The second kappa shape index (κ2) is 54.8. The van der Waals surface area contributed by atoms with Gasteiger partial charge in [0.15, 0.2) is 0 Å². The van der Waals surface area contributed by atoms with Crippen molar-refractivity contribution >= 4 is 31.9 Å². The van der Waals surface area contributed by atoms with Gasteiger partial charge in [0.1, 0.15) is 37.1 Å². The highest BCUT2D eigenvalue weighted by Gasteiger charge is 2.40. The molecule has 5 aromatic rings. The molecule has 0 atom stereocenters. The molecule has 0 unspecified atom stereocenters. The Bertz CT molecular complexity index is 3820. The van der Waals surface area contributed by atoms with E-state index in [-0.39, 0.29) is 35.3 Å². The third-order valence-electron chi connectivity index (χ3n) is 28.8. The van der Waals surface area contributed by atoms with E-state index in [1.807, 2.05) is 121 Å². The van der Waals surface area contributed by atoms with Gasteiger partial charge < -0.3 is 19.1 Å². The molecule has 7 fully saturated rings. The van der Waals surface area contributed by atoms with Crippen molar-refractivity contribution in [1.29, 1.82) is 0 Å². The lowest BCUT2D eigenvalue weighted by Gasteiger charge is -2.44. The quantitative estimate of drug-likeness (QED) is 0.0446.